The number of benzene rings is 3. The molecule has 5 nitrogen and oxygen atoms in total. The molecule has 3 rings (SSSR count). The molecule has 0 radical (unpaired) electrons. The number of amides is 1. The van der Waals surface area contributed by atoms with E-state index < -0.39 is 13.3 Å². The normalized spacial score (nSPS) is 10.4. The fraction of sp³-hybridized carbons (Fsp3) is 0.290. The van der Waals surface area contributed by atoms with Gasteiger partial charge in [-0.05, 0) is 36.1 Å². The van der Waals surface area contributed by atoms with Crippen molar-refractivity contribution in [2.24, 2.45) is 5.41 Å². The van der Waals surface area contributed by atoms with Gasteiger partial charge in [0.05, 0.1) is 5.69 Å². The molecular formula is C31H34CrNO4P. The van der Waals surface area contributed by atoms with Crippen LogP contribution in [0.3, 0.4) is 0 Å². The molecule has 0 aromatic heterocycles. The minimum Gasteiger partial charge on any atom is 0 e. The molecule has 0 saturated carbocycles. The Balaban J connectivity index is 0. The number of carbonyl (C=O) groups excluding carboxylic acids is 1. The molecule has 1 amide bonds. The molecule has 0 heterocycles. The van der Waals surface area contributed by atoms with Gasteiger partial charge >= 0.3 is 33.9 Å². The SMILES string of the molecule is CCc1cccc([C@H](C)P(c2ccccc2)c2ccccc2)c1N(C)C(=O)C(C)(C)C.[C-]#[O+].[C-]#[O+].[C-]#[O+].[Cr]. The average molecular weight is 568 g/mol. The van der Waals surface area contributed by atoms with Gasteiger partial charge in [-0.2, -0.15) is 0 Å². The molecule has 3 aromatic carbocycles. The third kappa shape index (κ3) is 9.89. The van der Waals surface area contributed by atoms with Crippen LogP contribution in [0.2, 0.25) is 0 Å². The van der Waals surface area contributed by atoms with Gasteiger partial charge in [-0.15, -0.1) is 0 Å². The summed E-state index contributed by atoms with van der Waals surface area (Å²) in [4.78, 5) is 15.1. The molecule has 0 aliphatic rings. The standard InChI is InChI=1S/C28H34NOP.3CO.Cr/c1-7-22-15-14-20-25(26(22)29(6)27(30)28(3,4)5)21(2)31(23-16-10-8-11-17-23)24-18-12-9-13-19-24;3*1-2;/h8-21H,7H2,1-6H3;;;;/t21-;;;;/m0..../s1. The van der Waals surface area contributed by atoms with Crippen molar-refractivity contribution in [2.45, 2.75) is 46.7 Å². The van der Waals surface area contributed by atoms with E-state index in [-0.39, 0.29) is 28.9 Å². The Hall–Kier alpha value is -2.69. The maximum absolute atomic E-state index is 13.2. The number of para-hydroxylation sites is 1. The summed E-state index contributed by atoms with van der Waals surface area (Å²) in [7, 11) is 1.30. The van der Waals surface area contributed by atoms with E-state index in [1.165, 1.54) is 21.7 Å². The number of hydrogen-bond acceptors (Lipinski definition) is 1. The minimum atomic E-state index is -0.632. The molecule has 0 aliphatic heterocycles. The molecule has 3 aromatic rings. The number of nitrogens with zero attached hydrogens (tertiary/aromatic N) is 1. The van der Waals surface area contributed by atoms with E-state index in [1.807, 2.05) is 32.7 Å². The van der Waals surface area contributed by atoms with Gasteiger partial charge in [-0.25, -0.2) is 0 Å². The first-order chi connectivity index (χ1) is 17.8. The second-order valence-corrected chi connectivity index (χ2v) is 11.6. The first kappa shape index (κ1) is 37.5. The molecule has 38 heavy (non-hydrogen) atoms. The zero-order chi connectivity index (χ0) is 28.6. The zero-order valence-corrected chi connectivity index (χ0v) is 24.9. The van der Waals surface area contributed by atoms with Crippen LogP contribution < -0.4 is 15.5 Å². The Labute approximate surface area is 239 Å². The number of carbonyl (C=O) groups is 1. The second-order valence-electron chi connectivity index (χ2n) is 9.04. The first-order valence-electron chi connectivity index (χ1n) is 11.7. The van der Waals surface area contributed by atoms with Gasteiger partial charge in [0.2, 0.25) is 5.91 Å². The molecule has 1 atom stereocenters. The van der Waals surface area contributed by atoms with E-state index in [0.29, 0.717) is 0 Å². The van der Waals surface area contributed by atoms with E-state index in [4.69, 9.17) is 14.0 Å². The number of anilines is 1. The molecule has 7 heteroatoms. The zero-order valence-electron chi connectivity index (χ0n) is 22.7. The number of aryl methyl sites for hydroxylation is 1. The quantitative estimate of drug-likeness (QED) is 0.195. The average Bonchev–Trinajstić information content (AvgIpc) is 2.95. The third-order valence-electron chi connectivity index (χ3n) is 5.72. The van der Waals surface area contributed by atoms with E-state index >= 15 is 0 Å². The molecule has 0 fully saturated rings. The van der Waals surface area contributed by atoms with E-state index in [9.17, 15) is 4.79 Å². The van der Waals surface area contributed by atoms with Crippen LogP contribution in [0.4, 0.5) is 5.69 Å². The van der Waals surface area contributed by atoms with Crippen LogP contribution in [0.5, 0.6) is 0 Å². The van der Waals surface area contributed by atoms with Gasteiger partial charge in [0, 0.05) is 35.5 Å². The molecule has 198 valence electrons. The second kappa shape index (κ2) is 19.4. The molecular weight excluding hydrogens is 533 g/mol. The van der Waals surface area contributed by atoms with E-state index in [1.54, 1.807) is 0 Å². The fourth-order valence-electron chi connectivity index (χ4n) is 4.16. The molecule has 0 bridgehead atoms. The van der Waals surface area contributed by atoms with Crippen molar-refractivity contribution >= 4 is 30.1 Å². The van der Waals surface area contributed by atoms with Crippen molar-refractivity contribution in [3.63, 3.8) is 0 Å². The number of rotatable bonds is 6. The Bertz CT molecular complexity index is 1100. The monoisotopic (exact) mass is 567 g/mol. The topological polar surface area (TPSA) is 80.0 Å². The van der Waals surface area contributed by atoms with Crippen LogP contribution in [0.15, 0.2) is 78.9 Å². The summed E-state index contributed by atoms with van der Waals surface area (Å²) in [5, 5.41) is 2.71. The molecule has 0 spiro atoms. The summed E-state index contributed by atoms with van der Waals surface area (Å²) in [6.45, 7) is 24.0. The maximum atomic E-state index is 13.2. The number of hydrogen-bond donors (Lipinski definition) is 0. The van der Waals surface area contributed by atoms with Gasteiger partial charge < -0.3 is 4.90 Å². The van der Waals surface area contributed by atoms with Crippen LogP contribution >= 0.6 is 7.92 Å². The third-order valence-corrected chi connectivity index (χ3v) is 8.48. The van der Waals surface area contributed by atoms with Gasteiger partial charge in [0.25, 0.3) is 0 Å². The predicted octanol–water partition coefficient (Wildman–Crippen LogP) is 6.34. The van der Waals surface area contributed by atoms with Gasteiger partial charge in [-0.1, -0.05) is 113 Å². The Morgan fingerprint density at radius 2 is 1.24 bits per heavy atom. The van der Waals surface area contributed by atoms with Crippen LogP contribution in [-0.2, 0) is 42.5 Å². The minimum absolute atomic E-state index is 0. The van der Waals surface area contributed by atoms with Crippen molar-refractivity contribution in [2.75, 3.05) is 11.9 Å². The van der Waals surface area contributed by atoms with Crippen LogP contribution in [-0.4, -0.2) is 13.0 Å². The van der Waals surface area contributed by atoms with Crippen molar-refractivity contribution < 1.29 is 36.1 Å². The summed E-state index contributed by atoms with van der Waals surface area (Å²) in [5.74, 6) is 0.144. The fourth-order valence-corrected chi connectivity index (χ4v) is 6.83. The van der Waals surface area contributed by atoms with Crippen molar-refractivity contribution in [3.8, 4) is 0 Å². The van der Waals surface area contributed by atoms with Crippen molar-refractivity contribution in [1.29, 1.82) is 0 Å². The van der Waals surface area contributed by atoms with Gasteiger partial charge in [-0.3, -0.25) is 4.79 Å². The van der Waals surface area contributed by atoms with Crippen molar-refractivity contribution in [1.82, 2.24) is 0 Å². The van der Waals surface area contributed by atoms with E-state index in [2.05, 4.69) is 113 Å². The van der Waals surface area contributed by atoms with Crippen molar-refractivity contribution in [3.05, 3.63) is 110 Å². The molecule has 0 saturated heterocycles. The molecule has 0 N–H and O–H groups in total. The Kier molecular flexibility index (Phi) is 19.1. The smallest absolute Gasteiger partial charge is 0 e. The summed E-state index contributed by atoms with van der Waals surface area (Å²) >= 11 is 0. The maximum Gasteiger partial charge on any atom is 0 e. The summed E-state index contributed by atoms with van der Waals surface area (Å²) in [5.41, 5.74) is 3.38. The summed E-state index contributed by atoms with van der Waals surface area (Å²) < 4.78 is 22.5. The van der Waals surface area contributed by atoms with Crippen LogP contribution in [0, 0.1) is 25.4 Å². The summed E-state index contributed by atoms with van der Waals surface area (Å²) in [6.07, 6.45) is 0.895. The van der Waals surface area contributed by atoms with E-state index in [0.717, 1.165) is 12.1 Å². The Morgan fingerprint density at radius 3 is 1.61 bits per heavy atom. The molecule has 0 unspecified atom stereocenters. The Morgan fingerprint density at radius 1 is 0.816 bits per heavy atom. The van der Waals surface area contributed by atoms with Crippen LogP contribution in [0.1, 0.15) is 51.4 Å². The first-order valence-corrected chi connectivity index (χ1v) is 13.1. The predicted molar refractivity (Wildman–Crippen MR) is 148 cm³/mol. The largest absolute Gasteiger partial charge is 0 e. The summed E-state index contributed by atoms with van der Waals surface area (Å²) in [6, 6.07) is 28.1. The molecule has 0 aliphatic carbocycles. The van der Waals surface area contributed by atoms with Crippen LogP contribution in [0.25, 0.3) is 0 Å². The van der Waals surface area contributed by atoms with Gasteiger partial charge in [0.15, 0.2) is 0 Å². The van der Waals surface area contributed by atoms with Gasteiger partial charge in [0.1, 0.15) is 0 Å².